The Kier molecular flexibility index (Phi) is 8.78. The molecule has 4 heteroatoms. The number of unbranched alkanes of at least 4 members (excludes halogenated alkanes) is 5. The number of anilines is 1. The fraction of sp³-hybridized carbons (Fsp3) is 0.381. The Labute approximate surface area is 159 Å². The normalized spacial score (nSPS) is 11.1. The van der Waals surface area contributed by atoms with Gasteiger partial charge in [-0.05, 0) is 49.2 Å². The van der Waals surface area contributed by atoms with Crippen molar-refractivity contribution in [2.45, 2.75) is 51.9 Å². The number of hydrogen-bond acceptors (Lipinski definition) is 3. The molecule has 0 radical (unpaired) electrons. The number of nitrogens with one attached hydrogen (secondary N) is 1. The zero-order valence-corrected chi connectivity index (χ0v) is 16.3. The Morgan fingerprint density at radius 3 is 2.52 bits per heavy atom. The number of hydrogen-bond donors (Lipinski definition) is 1. The molecule has 0 amide bonds. The van der Waals surface area contributed by atoms with E-state index in [0.29, 0.717) is 5.02 Å². The summed E-state index contributed by atoms with van der Waals surface area (Å²) in [5.74, 6) is 0.0423. The largest absolute Gasteiger partial charge is 0.362 e. The highest BCUT2D eigenvalue weighted by Gasteiger charge is 2.06. The zero-order valence-electron chi connectivity index (χ0n) is 14.8. The fourth-order valence-electron chi connectivity index (χ4n) is 2.57. The predicted molar refractivity (Wildman–Crippen MR) is 110 cm³/mol. The van der Waals surface area contributed by atoms with Gasteiger partial charge >= 0.3 is 0 Å². The summed E-state index contributed by atoms with van der Waals surface area (Å²) in [5, 5.41) is 3.78. The molecule has 2 aromatic rings. The molecular formula is C21H26ClNOS. The fourth-order valence-corrected chi connectivity index (χ4v) is 3.66. The number of halogens is 1. The summed E-state index contributed by atoms with van der Waals surface area (Å²) in [4.78, 5) is 14.3. The Hall–Kier alpha value is -1.58. The van der Waals surface area contributed by atoms with E-state index in [1.54, 1.807) is 23.6 Å². The molecule has 1 heterocycles. The van der Waals surface area contributed by atoms with Crippen molar-refractivity contribution >= 4 is 34.4 Å². The van der Waals surface area contributed by atoms with Crippen LogP contribution in [0.4, 0.5) is 5.69 Å². The molecule has 0 saturated carbocycles. The average molecular weight is 376 g/mol. The molecule has 0 atom stereocenters. The Balaban J connectivity index is 1.73. The summed E-state index contributed by atoms with van der Waals surface area (Å²) in [5.41, 5.74) is 0.906. The van der Waals surface area contributed by atoms with Crippen LogP contribution in [0.3, 0.4) is 0 Å². The van der Waals surface area contributed by atoms with E-state index < -0.39 is 0 Å². The number of carbonyl (C=O) groups is 1. The van der Waals surface area contributed by atoms with Crippen LogP contribution in [0.5, 0.6) is 0 Å². The smallest absolute Gasteiger partial charge is 0.197 e. The van der Waals surface area contributed by atoms with Gasteiger partial charge in [0.1, 0.15) is 0 Å². The van der Waals surface area contributed by atoms with Gasteiger partial charge in [0.25, 0.3) is 0 Å². The van der Waals surface area contributed by atoms with Crippen LogP contribution in [0.25, 0.3) is 0 Å². The van der Waals surface area contributed by atoms with Gasteiger partial charge in [0.05, 0.1) is 4.88 Å². The Morgan fingerprint density at radius 2 is 1.76 bits per heavy atom. The van der Waals surface area contributed by atoms with Crippen molar-refractivity contribution in [2.24, 2.45) is 0 Å². The van der Waals surface area contributed by atoms with Crippen molar-refractivity contribution in [2.75, 3.05) is 5.32 Å². The highest BCUT2D eigenvalue weighted by molar-refractivity contribution is 7.14. The lowest BCUT2D eigenvalue weighted by molar-refractivity contribution is 0.105. The van der Waals surface area contributed by atoms with E-state index in [0.717, 1.165) is 17.0 Å². The van der Waals surface area contributed by atoms with Gasteiger partial charge in [-0.25, -0.2) is 0 Å². The molecule has 0 aliphatic rings. The molecule has 0 spiro atoms. The molecule has 0 fully saturated rings. The quantitative estimate of drug-likeness (QED) is 0.257. The molecule has 2 nitrogen and oxygen atoms in total. The first-order chi connectivity index (χ1) is 12.2. The number of rotatable bonds is 11. The lowest BCUT2D eigenvalue weighted by Gasteiger charge is -2.00. The van der Waals surface area contributed by atoms with Crippen LogP contribution in [-0.2, 0) is 6.42 Å². The van der Waals surface area contributed by atoms with Gasteiger partial charge in [-0.2, -0.15) is 0 Å². The molecule has 0 aliphatic heterocycles. The first-order valence-electron chi connectivity index (χ1n) is 9.00. The van der Waals surface area contributed by atoms with Crippen molar-refractivity contribution < 1.29 is 4.79 Å². The number of allylic oxidation sites excluding steroid dienone is 1. The molecule has 1 N–H and O–H groups in total. The molecule has 0 bridgehead atoms. The first-order valence-corrected chi connectivity index (χ1v) is 10.2. The van der Waals surface area contributed by atoms with Gasteiger partial charge in [0.15, 0.2) is 5.78 Å². The zero-order chi connectivity index (χ0) is 17.9. The molecule has 25 heavy (non-hydrogen) atoms. The van der Waals surface area contributed by atoms with Crippen molar-refractivity contribution in [3.8, 4) is 0 Å². The number of ketones is 1. The van der Waals surface area contributed by atoms with Crippen LogP contribution in [0, 0.1) is 0 Å². The van der Waals surface area contributed by atoms with Crippen molar-refractivity contribution in [1.82, 2.24) is 0 Å². The molecule has 0 unspecified atom stereocenters. The third-order valence-corrected chi connectivity index (χ3v) is 5.42. The Bertz CT molecular complexity index is 675. The lowest BCUT2D eigenvalue weighted by Crippen LogP contribution is -1.93. The van der Waals surface area contributed by atoms with E-state index in [4.69, 9.17) is 11.6 Å². The summed E-state index contributed by atoms with van der Waals surface area (Å²) in [6, 6.07) is 11.4. The lowest BCUT2D eigenvalue weighted by atomic mass is 10.1. The standard InChI is InChI=1S/C21H26ClNOS/c1-2-3-4-5-6-7-8-19-13-14-21(25-19)20(24)15-16-23-18-11-9-17(22)10-12-18/h9-16,23H,2-8H2,1H3/b16-15-. The van der Waals surface area contributed by atoms with Gasteiger partial charge in [0, 0.05) is 27.9 Å². The molecule has 0 saturated heterocycles. The highest BCUT2D eigenvalue weighted by Crippen LogP contribution is 2.20. The summed E-state index contributed by atoms with van der Waals surface area (Å²) in [6.07, 6.45) is 12.1. The minimum Gasteiger partial charge on any atom is -0.362 e. The van der Waals surface area contributed by atoms with Gasteiger partial charge in [0.2, 0.25) is 0 Å². The molecular weight excluding hydrogens is 350 g/mol. The summed E-state index contributed by atoms with van der Waals surface area (Å²) in [7, 11) is 0. The summed E-state index contributed by atoms with van der Waals surface area (Å²) < 4.78 is 0. The second-order valence-corrected chi connectivity index (χ2v) is 7.74. The molecule has 1 aromatic carbocycles. The van der Waals surface area contributed by atoms with Crippen LogP contribution in [0.15, 0.2) is 48.7 Å². The second-order valence-electron chi connectivity index (χ2n) is 6.13. The molecule has 2 rings (SSSR count). The predicted octanol–water partition coefficient (Wildman–Crippen LogP) is 7.11. The van der Waals surface area contributed by atoms with Gasteiger partial charge in [-0.1, -0.05) is 50.6 Å². The van der Waals surface area contributed by atoms with E-state index in [1.165, 1.54) is 43.4 Å². The molecule has 0 aliphatic carbocycles. The number of benzene rings is 1. The van der Waals surface area contributed by atoms with E-state index in [1.807, 2.05) is 30.3 Å². The van der Waals surface area contributed by atoms with Gasteiger partial charge < -0.3 is 5.32 Å². The summed E-state index contributed by atoms with van der Waals surface area (Å²) in [6.45, 7) is 2.24. The SMILES string of the molecule is CCCCCCCCc1ccc(C(=O)/C=C\Nc2ccc(Cl)cc2)s1. The third kappa shape index (κ3) is 7.45. The van der Waals surface area contributed by atoms with E-state index >= 15 is 0 Å². The van der Waals surface area contributed by atoms with Crippen molar-refractivity contribution in [3.63, 3.8) is 0 Å². The number of thiophene rings is 1. The maximum absolute atomic E-state index is 12.2. The van der Waals surface area contributed by atoms with E-state index in [-0.39, 0.29) is 5.78 Å². The molecule has 1 aromatic heterocycles. The van der Waals surface area contributed by atoms with Gasteiger partial charge in [-0.15, -0.1) is 11.3 Å². The van der Waals surface area contributed by atoms with Gasteiger partial charge in [-0.3, -0.25) is 4.79 Å². The first kappa shape index (κ1) is 19.7. The third-order valence-electron chi connectivity index (χ3n) is 4.01. The second kappa shape index (κ2) is 11.1. The number of carbonyl (C=O) groups excluding carboxylic acids is 1. The summed E-state index contributed by atoms with van der Waals surface area (Å²) >= 11 is 7.46. The van der Waals surface area contributed by atoms with Crippen LogP contribution >= 0.6 is 22.9 Å². The molecule has 134 valence electrons. The monoisotopic (exact) mass is 375 g/mol. The van der Waals surface area contributed by atoms with Crippen LogP contribution < -0.4 is 5.32 Å². The maximum atomic E-state index is 12.2. The van der Waals surface area contributed by atoms with Crippen LogP contribution in [0.2, 0.25) is 5.02 Å². The minimum absolute atomic E-state index is 0.0423. The highest BCUT2D eigenvalue weighted by atomic mass is 35.5. The van der Waals surface area contributed by atoms with Crippen molar-refractivity contribution in [1.29, 1.82) is 0 Å². The van der Waals surface area contributed by atoms with Crippen LogP contribution in [0.1, 0.15) is 60.0 Å². The average Bonchev–Trinajstić information content (AvgIpc) is 3.09. The van der Waals surface area contributed by atoms with Crippen LogP contribution in [-0.4, -0.2) is 5.78 Å². The van der Waals surface area contributed by atoms with Crippen molar-refractivity contribution in [3.05, 3.63) is 63.5 Å². The maximum Gasteiger partial charge on any atom is 0.197 e. The number of aryl methyl sites for hydroxylation is 1. The topological polar surface area (TPSA) is 29.1 Å². The Morgan fingerprint density at radius 1 is 1.04 bits per heavy atom. The van der Waals surface area contributed by atoms with E-state index in [9.17, 15) is 4.79 Å². The minimum atomic E-state index is 0.0423. The van der Waals surface area contributed by atoms with E-state index in [2.05, 4.69) is 18.3 Å².